The number of aromatic nitrogens is 1. The summed E-state index contributed by atoms with van der Waals surface area (Å²) in [5.74, 6) is -0.103. The molecule has 17 heavy (non-hydrogen) atoms. The maximum absolute atomic E-state index is 11.7. The maximum atomic E-state index is 11.7. The molecule has 0 fully saturated rings. The van der Waals surface area contributed by atoms with E-state index in [1.54, 1.807) is 0 Å². The third kappa shape index (κ3) is 1.88. The van der Waals surface area contributed by atoms with Crippen molar-refractivity contribution in [1.82, 2.24) is 4.98 Å². The first-order valence-electron chi connectivity index (χ1n) is 5.67. The van der Waals surface area contributed by atoms with Crippen LogP contribution in [0.4, 0.5) is 0 Å². The molecule has 1 N–H and O–H groups in total. The van der Waals surface area contributed by atoms with Gasteiger partial charge in [0.05, 0.1) is 16.8 Å². The van der Waals surface area contributed by atoms with Crippen LogP contribution >= 0.6 is 0 Å². The highest BCUT2D eigenvalue weighted by molar-refractivity contribution is 6.08. The van der Waals surface area contributed by atoms with Crippen LogP contribution in [0.5, 0.6) is 5.75 Å². The van der Waals surface area contributed by atoms with Crippen molar-refractivity contribution in [2.24, 2.45) is 0 Å². The molecule has 0 aliphatic carbocycles. The lowest BCUT2D eigenvalue weighted by molar-refractivity contribution is 0.101. The summed E-state index contributed by atoms with van der Waals surface area (Å²) in [6.07, 6.45) is 0.607. The van der Waals surface area contributed by atoms with E-state index in [0.717, 1.165) is 16.5 Å². The summed E-state index contributed by atoms with van der Waals surface area (Å²) in [5.41, 5.74) is 2.77. The van der Waals surface area contributed by atoms with Gasteiger partial charge in [0.2, 0.25) is 0 Å². The lowest BCUT2D eigenvalue weighted by atomic mass is 10.0. The Morgan fingerprint density at radius 2 is 2.12 bits per heavy atom. The number of ketones is 1. The summed E-state index contributed by atoms with van der Waals surface area (Å²) in [4.78, 5) is 16.0. The van der Waals surface area contributed by atoms with Crippen molar-refractivity contribution in [3.63, 3.8) is 0 Å². The minimum absolute atomic E-state index is 0.0260. The maximum Gasteiger partial charge on any atom is 0.164 e. The molecule has 1 heterocycles. The Balaban J connectivity index is 2.92. The number of aryl methyl sites for hydroxylation is 2. The standard InChI is InChI=1S/C14H15NO2/c1-4-11-14(17)13(9(3)16)10-7-8(2)5-6-12(10)15-11/h5-7,17H,4H2,1-3H3. The first-order chi connectivity index (χ1) is 8.04. The Bertz CT molecular complexity index is 603. The summed E-state index contributed by atoms with van der Waals surface area (Å²) >= 11 is 0. The van der Waals surface area contributed by atoms with E-state index in [1.165, 1.54) is 6.92 Å². The minimum atomic E-state index is -0.129. The smallest absolute Gasteiger partial charge is 0.164 e. The van der Waals surface area contributed by atoms with Crippen molar-refractivity contribution in [2.45, 2.75) is 27.2 Å². The van der Waals surface area contributed by atoms with Gasteiger partial charge in [-0.1, -0.05) is 18.6 Å². The molecular formula is C14H15NO2. The van der Waals surface area contributed by atoms with Crippen molar-refractivity contribution in [3.05, 3.63) is 35.0 Å². The highest BCUT2D eigenvalue weighted by atomic mass is 16.3. The van der Waals surface area contributed by atoms with Crippen LogP contribution < -0.4 is 0 Å². The monoisotopic (exact) mass is 229 g/mol. The number of hydrogen-bond acceptors (Lipinski definition) is 3. The van der Waals surface area contributed by atoms with Crippen LogP contribution in [0.3, 0.4) is 0 Å². The van der Waals surface area contributed by atoms with Gasteiger partial charge in [-0.25, -0.2) is 4.98 Å². The quantitative estimate of drug-likeness (QED) is 0.805. The highest BCUT2D eigenvalue weighted by Crippen LogP contribution is 2.30. The van der Waals surface area contributed by atoms with Crippen molar-refractivity contribution >= 4 is 16.7 Å². The molecule has 0 aliphatic rings. The van der Waals surface area contributed by atoms with Gasteiger partial charge in [-0.05, 0) is 32.4 Å². The summed E-state index contributed by atoms with van der Waals surface area (Å²) in [6, 6.07) is 5.73. The van der Waals surface area contributed by atoms with Gasteiger partial charge < -0.3 is 5.11 Å². The second-order valence-electron chi connectivity index (χ2n) is 4.21. The van der Waals surface area contributed by atoms with Gasteiger partial charge in [-0.2, -0.15) is 0 Å². The number of rotatable bonds is 2. The minimum Gasteiger partial charge on any atom is -0.505 e. The Labute approximate surface area is 100 Å². The lowest BCUT2D eigenvalue weighted by Crippen LogP contribution is -2.01. The van der Waals surface area contributed by atoms with Crippen LogP contribution in [-0.4, -0.2) is 15.9 Å². The van der Waals surface area contributed by atoms with Crippen LogP contribution in [0.1, 0.15) is 35.5 Å². The van der Waals surface area contributed by atoms with E-state index in [2.05, 4.69) is 4.98 Å². The molecule has 0 amide bonds. The van der Waals surface area contributed by atoms with Crippen LogP contribution in [0, 0.1) is 6.92 Å². The Hall–Kier alpha value is -1.90. The number of pyridine rings is 1. The van der Waals surface area contributed by atoms with E-state index in [-0.39, 0.29) is 11.5 Å². The molecule has 2 aromatic rings. The van der Waals surface area contributed by atoms with Crippen LogP contribution in [-0.2, 0) is 6.42 Å². The molecule has 0 bridgehead atoms. The SMILES string of the molecule is CCc1nc2ccc(C)cc2c(C(C)=O)c1O. The molecular weight excluding hydrogens is 214 g/mol. The molecule has 3 nitrogen and oxygen atoms in total. The third-order valence-electron chi connectivity index (χ3n) is 2.87. The number of nitrogens with zero attached hydrogens (tertiary/aromatic N) is 1. The molecule has 0 spiro atoms. The molecule has 3 heteroatoms. The Kier molecular flexibility index (Phi) is 2.84. The van der Waals surface area contributed by atoms with E-state index in [1.807, 2.05) is 32.0 Å². The second kappa shape index (κ2) is 4.17. The van der Waals surface area contributed by atoms with Gasteiger partial charge in [-0.3, -0.25) is 4.79 Å². The van der Waals surface area contributed by atoms with Crippen molar-refractivity contribution in [3.8, 4) is 5.75 Å². The third-order valence-corrected chi connectivity index (χ3v) is 2.87. The molecule has 88 valence electrons. The largest absolute Gasteiger partial charge is 0.505 e. The summed E-state index contributed by atoms with van der Waals surface area (Å²) in [7, 11) is 0. The first kappa shape index (κ1) is 11.6. The normalized spacial score (nSPS) is 10.8. The van der Waals surface area contributed by atoms with Crippen LogP contribution in [0.15, 0.2) is 18.2 Å². The number of carbonyl (C=O) groups is 1. The van der Waals surface area contributed by atoms with E-state index in [0.29, 0.717) is 17.7 Å². The van der Waals surface area contributed by atoms with Gasteiger partial charge in [0.25, 0.3) is 0 Å². The number of fused-ring (bicyclic) bond motifs is 1. The predicted octanol–water partition coefficient (Wildman–Crippen LogP) is 3.01. The molecule has 1 aromatic heterocycles. The van der Waals surface area contributed by atoms with Crippen LogP contribution in [0.25, 0.3) is 10.9 Å². The number of aromatic hydroxyl groups is 1. The molecule has 0 saturated heterocycles. The first-order valence-corrected chi connectivity index (χ1v) is 5.67. The Morgan fingerprint density at radius 3 is 2.71 bits per heavy atom. The lowest BCUT2D eigenvalue weighted by Gasteiger charge is -2.10. The van der Waals surface area contributed by atoms with E-state index < -0.39 is 0 Å². The fraction of sp³-hybridized carbons (Fsp3) is 0.286. The topological polar surface area (TPSA) is 50.2 Å². The van der Waals surface area contributed by atoms with Gasteiger partial charge >= 0.3 is 0 Å². The molecule has 0 saturated carbocycles. The summed E-state index contributed by atoms with van der Waals surface area (Å²) in [6.45, 7) is 5.33. The molecule has 1 aromatic carbocycles. The number of benzene rings is 1. The fourth-order valence-electron chi connectivity index (χ4n) is 2.02. The predicted molar refractivity (Wildman–Crippen MR) is 67.5 cm³/mol. The van der Waals surface area contributed by atoms with Crippen LogP contribution in [0.2, 0.25) is 0 Å². The van der Waals surface area contributed by atoms with Crippen molar-refractivity contribution in [1.29, 1.82) is 0 Å². The number of carbonyl (C=O) groups excluding carboxylic acids is 1. The van der Waals surface area contributed by atoms with Gasteiger partial charge in [-0.15, -0.1) is 0 Å². The zero-order chi connectivity index (χ0) is 12.6. The fourth-order valence-corrected chi connectivity index (χ4v) is 2.02. The van der Waals surface area contributed by atoms with Crippen molar-refractivity contribution < 1.29 is 9.90 Å². The number of hydrogen-bond donors (Lipinski definition) is 1. The number of Topliss-reactive ketones (excluding diaryl/α,β-unsaturated/α-hetero) is 1. The molecule has 0 atom stereocenters. The van der Waals surface area contributed by atoms with Gasteiger partial charge in [0, 0.05) is 5.39 Å². The van der Waals surface area contributed by atoms with E-state index >= 15 is 0 Å². The molecule has 2 rings (SSSR count). The van der Waals surface area contributed by atoms with E-state index in [9.17, 15) is 9.90 Å². The Morgan fingerprint density at radius 1 is 1.41 bits per heavy atom. The van der Waals surface area contributed by atoms with Gasteiger partial charge in [0.1, 0.15) is 5.75 Å². The molecule has 0 unspecified atom stereocenters. The van der Waals surface area contributed by atoms with Crippen molar-refractivity contribution in [2.75, 3.05) is 0 Å². The second-order valence-corrected chi connectivity index (χ2v) is 4.21. The average Bonchev–Trinajstić information content (AvgIpc) is 2.27. The van der Waals surface area contributed by atoms with Gasteiger partial charge in [0.15, 0.2) is 5.78 Å². The zero-order valence-corrected chi connectivity index (χ0v) is 10.2. The molecule has 0 radical (unpaired) electrons. The van der Waals surface area contributed by atoms with E-state index in [4.69, 9.17) is 0 Å². The summed E-state index contributed by atoms with van der Waals surface area (Å²) < 4.78 is 0. The highest BCUT2D eigenvalue weighted by Gasteiger charge is 2.16. The average molecular weight is 229 g/mol. The molecule has 0 aliphatic heterocycles. The summed E-state index contributed by atoms with van der Waals surface area (Å²) in [5, 5.41) is 10.8. The zero-order valence-electron chi connectivity index (χ0n) is 10.2.